The number of hydrogen-bond donors (Lipinski definition) is 0. The molecule has 0 aromatic carbocycles. The molecule has 2 saturated heterocycles. The first-order valence-corrected chi connectivity index (χ1v) is 20.1. The van der Waals surface area contributed by atoms with Crippen LogP contribution in [0.25, 0.3) is 0 Å². The van der Waals surface area contributed by atoms with Crippen molar-refractivity contribution < 1.29 is 57.2 Å². The number of fused-ring (bicyclic) bond motifs is 13. The highest BCUT2D eigenvalue weighted by Crippen LogP contribution is 2.73. The molecular formula is C41H58O12. The van der Waals surface area contributed by atoms with Crippen molar-refractivity contribution in [1.29, 1.82) is 0 Å². The molecule has 0 radical (unpaired) electrons. The molecule has 6 bridgehead atoms. The van der Waals surface area contributed by atoms with Crippen molar-refractivity contribution in [2.75, 3.05) is 26.4 Å². The first kappa shape index (κ1) is 38.1. The van der Waals surface area contributed by atoms with Crippen LogP contribution in [0.3, 0.4) is 0 Å². The Morgan fingerprint density at radius 2 is 1.21 bits per heavy atom. The summed E-state index contributed by atoms with van der Waals surface area (Å²) in [7, 11) is 0. The van der Waals surface area contributed by atoms with E-state index in [1.165, 1.54) is 0 Å². The second kappa shape index (κ2) is 13.8. The standard InChI is InChI=1S/C23H32O6.C18H26O6/c1-4-22(2,3)20(25)28-11-17(24)29-16-9-12-7-14(16)19-15-8-13(18(12)19)10-23(15)5-6-27-21(23)26;1-4-17(2,3)15(20)23-10-14(19)24-13-8-11-7-12(13)18(9-11)5-6-22-16(18)21/h12-16,18-19H,4-11H2,1-3H3;11-13H,4-10H2,1-3H3. The van der Waals surface area contributed by atoms with Gasteiger partial charge < -0.3 is 28.4 Å². The highest BCUT2D eigenvalue weighted by atomic mass is 16.6. The van der Waals surface area contributed by atoms with Crippen molar-refractivity contribution in [3.05, 3.63) is 0 Å². The first-order valence-electron chi connectivity index (χ1n) is 20.1. The van der Waals surface area contributed by atoms with Crippen LogP contribution in [0.1, 0.15) is 112 Å². The quantitative estimate of drug-likeness (QED) is 0.161. The third-order valence-corrected chi connectivity index (χ3v) is 15.4. The van der Waals surface area contributed by atoms with E-state index in [2.05, 4.69) is 0 Å². The first-order chi connectivity index (χ1) is 25.0. The molecule has 6 saturated carbocycles. The average Bonchev–Trinajstić information content (AvgIpc) is 3.99. The molecule has 8 aliphatic rings. The molecule has 6 aliphatic carbocycles. The second-order valence-corrected chi connectivity index (χ2v) is 18.8. The topological polar surface area (TPSA) is 158 Å². The fourth-order valence-corrected chi connectivity index (χ4v) is 12.0. The molecule has 0 aromatic rings. The minimum atomic E-state index is -0.607. The van der Waals surface area contributed by atoms with Crippen molar-refractivity contribution in [3.63, 3.8) is 0 Å². The van der Waals surface area contributed by atoms with Gasteiger partial charge in [0, 0.05) is 5.92 Å². The molecule has 12 heteroatoms. The Kier molecular flexibility index (Phi) is 9.95. The van der Waals surface area contributed by atoms with Gasteiger partial charge in [0.05, 0.1) is 34.9 Å². The molecule has 12 nitrogen and oxygen atoms in total. The van der Waals surface area contributed by atoms with E-state index in [-0.39, 0.29) is 54.7 Å². The Bertz CT molecular complexity index is 1520. The molecule has 0 N–H and O–H groups in total. The van der Waals surface area contributed by atoms with Crippen LogP contribution in [0.4, 0.5) is 0 Å². The normalized spacial score (nSPS) is 39.8. The van der Waals surface area contributed by atoms with Crippen molar-refractivity contribution in [2.24, 2.45) is 69.0 Å². The van der Waals surface area contributed by atoms with Crippen molar-refractivity contribution in [1.82, 2.24) is 0 Å². The minimum absolute atomic E-state index is 0.0187. The second-order valence-electron chi connectivity index (χ2n) is 18.8. The zero-order valence-corrected chi connectivity index (χ0v) is 32.3. The number of cyclic esters (lactones) is 2. The lowest BCUT2D eigenvalue weighted by molar-refractivity contribution is -0.172. The summed E-state index contributed by atoms with van der Waals surface area (Å²) in [6.07, 6.45) is 9.25. The number of carbonyl (C=O) groups is 6. The molecular weight excluding hydrogens is 684 g/mol. The van der Waals surface area contributed by atoms with E-state index in [0.29, 0.717) is 67.5 Å². The van der Waals surface area contributed by atoms with Gasteiger partial charge in [0.15, 0.2) is 13.2 Å². The van der Waals surface area contributed by atoms with Gasteiger partial charge in [-0.15, -0.1) is 0 Å². The lowest BCUT2D eigenvalue weighted by atomic mass is 9.60. The van der Waals surface area contributed by atoms with Crippen LogP contribution < -0.4 is 0 Å². The third-order valence-electron chi connectivity index (χ3n) is 15.4. The zero-order valence-electron chi connectivity index (χ0n) is 32.3. The Hall–Kier alpha value is -3.18. The Labute approximate surface area is 312 Å². The lowest BCUT2D eigenvalue weighted by Gasteiger charge is -2.44. The molecule has 53 heavy (non-hydrogen) atoms. The van der Waals surface area contributed by atoms with E-state index >= 15 is 0 Å². The molecule has 12 unspecified atom stereocenters. The fourth-order valence-electron chi connectivity index (χ4n) is 12.0. The van der Waals surface area contributed by atoms with Crippen LogP contribution in [0.2, 0.25) is 0 Å². The molecule has 0 amide bonds. The van der Waals surface area contributed by atoms with Gasteiger partial charge in [-0.3, -0.25) is 19.2 Å². The maximum Gasteiger partial charge on any atom is 0.344 e. The van der Waals surface area contributed by atoms with Gasteiger partial charge in [-0.25, -0.2) is 9.59 Å². The van der Waals surface area contributed by atoms with Gasteiger partial charge >= 0.3 is 35.8 Å². The smallest absolute Gasteiger partial charge is 0.344 e. The highest BCUT2D eigenvalue weighted by molar-refractivity contribution is 5.82. The number of carbonyl (C=O) groups excluding carboxylic acids is 6. The molecule has 2 aliphatic heterocycles. The fraction of sp³-hybridized carbons (Fsp3) is 0.854. The molecule has 2 spiro atoms. The number of ether oxygens (including phenoxy) is 6. The van der Waals surface area contributed by atoms with Crippen LogP contribution >= 0.6 is 0 Å². The molecule has 294 valence electrons. The Morgan fingerprint density at radius 3 is 1.72 bits per heavy atom. The summed E-state index contributed by atoms with van der Waals surface area (Å²) in [6, 6.07) is 0. The molecule has 12 atom stereocenters. The van der Waals surface area contributed by atoms with E-state index in [4.69, 9.17) is 28.4 Å². The Morgan fingerprint density at radius 1 is 0.660 bits per heavy atom. The largest absolute Gasteiger partial charge is 0.465 e. The predicted octanol–water partition coefficient (Wildman–Crippen LogP) is 5.36. The van der Waals surface area contributed by atoms with Gasteiger partial charge in [0.1, 0.15) is 12.2 Å². The van der Waals surface area contributed by atoms with Crippen LogP contribution in [-0.2, 0) is 57.2 Å². The van der Waals surface area contributed by atoms with E-state index in [1.54, 1.807) is 13.8 Å². The molecule has 8 fully saturated rings. The van der Waals surface area contributed by atoms with Crippen LogP contribution in [0.15, 0.2) is 0 Å². The Balaban J connectivity index is 0.000000168. The minimum Gasteiger partial charge on any atom is -0.465 e. The van der Waals surface area contributed by atoms with Crippen LogP contribution in [0, 0.1) is 69.0 Å². The summed E-state index contributed by atoms with van der Waals surface area (Å²) in [4.78, 5) is 73.1. The van der Waals surface area contributed by atoms with Gasteiger partial charge in [-0.1, -0.05) is 13.8 Å². The number of rotatable bonds is 10. The van der Waals surface area contributed by atoms with E-state index in [9.17, 15) is 28.8 Å². The molecule has 8 rings (SSSR count). The van der Waals surface area contributed by atoms with E-state index in [1.807, 2.05) is 27.7 Å². The van der Waals surface area contributed by atoms with Gasteiger partial charge in [-0.05, 0) is 140 Å². The summed E-state index contributed by atoms with van der Waals surface area (Å²) in [6.45, 7) is 11.4. The maximum atomic E-state index is 12.5. The highest BCUT2D eigenvalue weighted by Gasteiger charge is 2.72. The molecule has 2 heterocycles. The monoisotopic (exact) mass is 742 g/mol. The third kappa shape index (κ3) is 6.45. The van der Waals surface area contributed by atoms with Gasteiger partial charge in [-0.2, -0.15) is 0 Å². The number of hydrogen-bond acceptors (Lipinski definition) is 12. The average molecular weight is 743 g/mol. The van der Waals surface area contributed by atoms with E-state index in [0.717, 1.165) is 57.8 Å². The maximum absolute atomic E-state index is 12.5. The van der Waals surface area contributed by atoms with Crippen molar-refractivity contribution in [3.8, 4) is 0 Å². The zero-order chi connectivity index (χ0) is 38.1. The van der Waals surface area contributed by atoms with Crippen molar-refractivity contribution in [2.45, 2.75) is 124 Å². The van der Waals surface area contributed by atoms with Crippen LogP contribution in [-0.4, -0.2) is 74.5 Å². The van der Waals surface area contributed by atoms with Crippen LogP contribution in [0.5, 0.6) is 0 Å². The predicted molar refractivity (Wildman–Crippen MR) is 186 cm³/mol. The van der Waals surface area contributed by atoms with E-state index < -0.39 is 34.2 Å². The lowest BCUT2D eigenvalue weighted by Crippen LogP contribution is -2.46. The summed E-state index contributed by atoms with van der Waals surface area (Å²) < 4.78 is 32.2. The SMILES string of the molecule is CCC(C)(C)C(=O)OCC(=O)OC1CC2CC1C1(CCOC1=O)C2.CCC(C)(C)C(=O)OCC(=O)OC1CC2CC1C1C2C2CC1C1(CCOC1=O)C2. The summed E-state index contributed by atoms with van der Waals surface area (Å²) in [5.74, 6) is 1.77. The summed E-state index contributed by atoms with van der Waals surface area (Å²) in [5.41, 5.74) is -1.90. The van der Waals surface area contributed by atoms with Gasteiger partial charge in [0.2, 0.25) is 0 Å². The molecule has 0 aromatic heterocycles. The van der Waals surface area contributed by atoms with Gasteiger partial charge in [0.25, 0.3) is 0 Å². The summed E-state index contributed by atoms with van der Waals surface area (Å²) >= 11 is 0. The van der Waals surface area contributed by atoms with Crippen molar-refractivity contribution >= 4 is 35.8 Å². The number of esters is 6. The summed E-state index contributed by atoms with van der Waals surface area (Å²) in [5, 5.41) is 0.